The summed E-state index contributed by atoms with van der Waals surface area (Å²) in [6, 6.07) is 12.3. The molecule has 1 N–H and O–H groups in total. The van der Waals surface area contributed by atoms with Crippen LogP contribution in [0.4, 0.5) is 5.00 Å². The van der Waals surface area contributed by atoms with Gasteiger partial charge in [0.25, 0.3) is 11.5 Å². The number of thiophene rings is 1. The predicted octanol–water partition coefficient (Wildman–Crippen LogP) is 4.89. The molecule has 0 atom stereocenters. The van der Waals surface area contributed by atoms with Crippen LogP contribution in [0.2, 0.25) is 0 Å². The molecule has 2 heterocycles. The molecular weight excluding hydrogens is 466 g/mol. The van der Waals surface area contributed by atoms with Crippen LogP contribution in [-0.4, -0.2) is 34.9 Å². The molecule has 2 aromatic heterocycles. The molecule has 0 bridgehead atoms. The van der Waals surface area contributed by atoms with Crippen LogP contribution in [-0.2, 0) is 4.74 Å². The molecule has 1 amide bonds. The Balaban J connectivity index is 1.85. The molecule has 4 aromatic rings. The summed E-state index contributed by atoms with van der Waals surface area (Å²) in [6.45, 7) is 8.07. The van der Waals surface area contributed by atoms with Gasteiger partial charge in [0.05, 0.1) is 24.3 Å². The van der Waals surface area contributed by atoms with Crippen molar-refractivity contribution in [1.82, 2.24) is 9.78 Å². The molecule has 0 spiro atoms. The number of rotatable bonds is 7. The van der Waals surface area contributed by atoms with Crippen molar-refractivity contribution >= 4 is 39.0 Å². The number of aryl methyl sites for hydroxylation is 2. The van der Waals surface area contributed by atoms with Gasteiger partial charge in [0.2, 0.25) is 0 Å². The van der Waals surface area contributed by atoms with Crippen LogP contribution >= 0.6 is 11.3 Å². The van der Waals surface area contributed by atoms with Gasteiger partial charge < -0.3 is 14.8 Å². The lowest BCUT2D eigenvalue weighted by molar-refractivity contribution is 0.0520. The molecule has 0 unspecified atom stereocenters. The van der Waals surface area contributed by atoms with Crippen molar-refractivity contribution in [1.29, 1.82) is 0 Å². The Morgan fingerprint density at radius 1 is 1.03 bits per heavy atom. The van der Waals surface area contributed by atoms with Crippen molar-refractivity contribution in [3.05, 3.63) is 80.6 Å². The molecule has 180 valence electrons. The maximum atomic E-state index is 13.6. The van der Waals surface area contributed by atoms with Crippen molar-refractivity contribution in [2.24, 2.45) is 0 Å². The maximum Gasteiger partial charge on any atom is 0.359 e. The second-order valence-corrected chi connectivity index (χ2v) is 8.78. The highest BCUT2D eigenvalue weighted by Gasteiger charge is 2.23. The number of hydrogen-bond acceptors (Lipinski definition) is 7. The minimum absolute atomic E-state index is 0.00140. The quantitative estimate of drug-likeness (QED) is 0.370. The van der Waals surface area contributed by atoms with Crippen LogP contribution in [0, 0.1) is 13.8 Å². The average Bonchev–Trinajstić information content (AvgIpc) is 3.24. The molecule has 0 aliphatic carbocycles. The van der Waals surface area contributed by atoms with Crippen molar-refractivity contribution < 1.29 is 19.1 Å². The van der Waals surface area contributed by atoms with E-state index >= 15 is 0 Å². The zero-order chi connectivity index (χ0) is 25.1. The van der Waals surface area contributed by atoms with Crippen LogP contribution in [0.3, 0.4) is 0 Å². The molecular formula is C26H25N3O5S. The fourth-order valence-corrected chi connectivity index (χ4v) is 4.73. The predicted molar refractivity (Wildman–Crippen MR) is 136 cm³/mol. The van der Waals surface area contributed by atoms with Gasteiger partial charge in [0, 0.05) is 16.3 Å². The van der Waals surface area contributed by atoms with Gasteiger partial charge in [-0.05, 0) is 64.1 Å². The average molecular weight is 492 g/mol. The fraction of sp³-hybridized carbons (Fsp3) is 0.231. The Hall–Kier alpha value is -3.98. The van der Waals surface area contributed by atoms with E-state index in [4.69, 9.17) is 9.47 Å². The van der Waals surface area contributed by atoms with Crippen molar-refractivity contribution in [3.8, 4) is 11.4 Å². The lowest BCUT2D eigenvalue weighted by atomic mass is 10.1. The van der Waals surface area contributed by atoms with E-state index in [9.17, 15) is 14.4 Å². The first-order chi connectivity index (χ1) is 16.8. The van der Waals surface area contributed by atoms with Crippen LogP contribution in [0.1, 0.15) is 45.8 Å². The maximum absolute atomic E-state index is 13.6. The number of nitrogens with one attached hydrogen (secondary N) is 1. The summed E-state index contributed by atoms with van der Waals surface area (Å²) in [5.41, 5.74) is 2.38. The summed E-state index contributed by atoms with van der Waals surface area (Å²) in [5, 5.41) is 9.66. The smallest absolute Gasteiger partial charge is 0.359 e. The SMILES string of the molecule is CCOC(=O)c1nn(-c2ccc(OCC)cc2)c(=O)c2c(NC(=O)c3cc(C)cc(C)c3)scc12. The Morgan fingerprint density at radius 2 is 1.71 bits per heavy atom. The van der Waals surface area contributed by atoms with Gasteiger partial charge in [-0.3, -0.25) is 9.59 Å². The van der Waals surface area contributed by atoms with Gasteiger partial charge in [-0.2, -0.15) is 9.78 Å². The number of anilines is 1. The number of nitrogens with zero attached hydrogens (tertiary/aromatic N) is 2. The van der Waals surface area contributed by atoms with Crippen LogP contribution in [0.25, 0.3) is 16.5 Å². The molecule has 35 heavy (non-hydrogen) atoms. The van der Waals surface area contributed by atoms with E-state index in [0.717, 1.165) is 27.1 Å². The number of benzene rings is 2. The van der Waals surface area contributed by atoms with E-state index in [0.29, 0.717) is 34.0 Å². The number of aromatic nitrogens is 2. The standard InChI is InChI=1S/C26H25N3O5S/c1-5-33-19-9-7-18(8-10-19)29-25(31)21-20(22(28-29)26(32)34-6-2)14-35-24(21)27-23(30)17-12-15(3)11-16(4)13-17/h7-14H,5-6H2,1-4H3,(H,27,30). The van der Waals surface area contributed by atoms with Crippen molar-refractivity contribution in [2.75, 3.05) is 18.5 Å². The summed E-state index contributed by atoms with van der Waals surface area (Å²) >= 11 is 1.16. The van der Waals surface area contributed by atoms with Gasteiger partial charge in [0.15, 0.2) is 5.69 Å². The van der Waals surface area contributed by atoms with E-state index in [-0.39, 0.29) is 23.6 Å². The summed E-state index contributed by atoms with van der Waals surface area (Å²) in [4.78, 5) is 39.3. The largest absolute Gasteiger partial charge is 0.494 e. The molecule has 0 aliphatic rings. The Kier molecular flexibility index (Phi) is 6.97. The Bertz CT molecular complexity index is 1450. The minimum Gasteiger partial charge on any atom is -0.494 e. The molecule has 8 nitrogen and oxygen atoms in total. The molecule has 0 saturated heterocycles. The molecule has 0 radical (unpaired) electrons. The first kappa shape index (κ1) is 24.2. The summed E-state index contributed by atoms with van der Waals surface area (Å²) in [7, 11) is 0. The van der Waals surface area contributed by atoms with Crippen molar-refractivity contribution in [3.63, 3.8) is 0 Å². The molecule has 0 saturated carbocycles. The van der Waals surface area contributed by atoms with E-state index in [2.05, 4.69) is 10.4 Å². The number of carbonyl (C=O) groups excluding carboxylic acids is 2. The van der Waals surface area contributed by atoms with E-state index < -0.39 is 11.5 Å². The monoisotopic (exact) mass is 491 g/mol. The first-order valence-electron chi connectivity index (χ1n) is 11.2. The minimum atomic E-state index is -0.651. The van der Waals surface area contributed by atoms with E-state index in [1.165, 1.54) is 0 Å². The van der Waals surface area contributed by atoms with Crippen molar-refractivity contribution in [2.45, 2.75) is 27.7 Å². The summed E-state index contributed by atoms with van der Waals surface area (Å²) < 4.78 is 11.8. The third-order valence-corrected chi connectivity index (χ3v) is 6.12. The highest BCUT2D eigenvalue weighted by atomic mass is 32.1. The number of carbonyl (C=O) groups is 2. The summed E-state index contributed by atoms with van der Waals surface area (Å²) in [6.07, 6.45) is 0. The number of amides is 1. The highest BCUT2D eigenvalue weighted by molar-refractivity contribution is 7.16. The third kappa shape index (κ3) is 4.95. The lowest BCUT2D eigenvalue weighted by Crippen LogP contribution is -2.25. The molecule has 2 aromatic carbocycles. The van der Waals surface area contributed by atoms with Gasteiger partial charge in [-0.25, -0.2) is 4.79 Å². The van der Waals surface area contributed by atoms with Crippen LogP contribution in [0.15, 0.2) is 52.6 Å². The third-order valence-electron chi connectivity index (χ3n) is 5.22. The zero-order valence-electron chi connectivity index (χ0n) is 19.9. The topological polar surface area (TPSA) is 99.5 Å². The second-order valence-electron chi connectivity index (χ2n) is 7.90. The highest BCUT2D eigenvalue weighted by Crippen LogP contribution is 2.31. The normalized spacial score (nSPS) is 10.9. The second kappa shape index (κ2) is 10.1. The van der Waals surface area contributed by atoms with Gasteiger partial charge in [-0.15, -0.1) is 11.3 Å². The van der Waals surface area contributed by atoms with Gasteiger partial charge in [-0.1, -0.05) is 17.2 Å². The van der Waals surface area contributed by atoms with Crippen LogP contribution in [0.5, 0.6) is 5.75 Å². The lowest BCUT2D eigenvalue weighted by Gasteiger charge is -2.11. The molecule has 4 rings (SSSR count). The fourth-order valence-electron chi connectivity index (χ4n) is 3.80. The van der Waals surface area contributed by atoms with Gasteiger partial charge in [0.1, 0.15) is 10.8 Å². The summed E-state index contributed by atoms with van der Waals surface area (Å²) in [5.74, 6) is -0.350. The number of esters is 1. The molecule has 9 heteroatoms. The number of fused-ring (bicyclic) bond motifs is 1. The number of hydrogen-bond donors (Lipinski definition) is 1. The Labute approximate surface area is 206 Å². The molecule has 0 aliphatic heterocycles. The van der Waals surface area contributed by atoms with E-state index in [1.807, 2.05) is 26.8 Å². The van der Waals surface area contributed by atoms with Crippen LogP contribution < -0.4 is 15.6 Å². The Morgan fingerprint density at radius 3 is 2.34 bits per heavy atom. The molecule has 0 fully saturated rings. The van der Waals surface area contributed by atoms with Gasteiger partial charge >= 0.3 is 5.97 Å². The number of ether oxygens (including phenoxy) is 2. The zero-order valence-corrected chi connectivity index (χ0v) is 20.7. The first-order valence-corrected chi connectivity index (χ1v) is 12.0. The van der Waals surface area contributed by atoms with E-state index in [1.54, 1.807) is 48.7 Å².